The topological polar surface area (TPSA) is 74.5 Å². The number of carbonyl (C=O) groups excluding carboxylic acids is 1. The molecule has 0 atom stereocenters. The van der Waals surface area contributed by atoms with Crippen LogP contribution in [0.4, 0.5) is 0 Å². The first-order chi connectivity index (χ1) is 10.1. The van der Waals surface area contributed by atoms with Crippen LogP contribution >= 0.6 is 11.8 Å². The molecular formula is C14H16N2O4S. The fourth-order valence-electron chi connectivity index (χ4n) is 1.54. The van der Waals surface area contributed by atoms with Gasteiger partial charge in [-0.15, -0.1) is 10.2 Å². The van der Waals surface area contributed by atoms with Crippen molar-refractivity contribution in [3.8, 4) is 5.75 Å². The quantitative estimate of drug-likeness (QED) is 0.599. The van der Waals surface area contributed by atoms with Gasteiger partial charge >= 0.3 is 5.97 Å². The van der Waals surface area contributed by atoms with Crippen molar-refractivity contribution in [2.45, 2.75) is 25.7 Å². The van der Waals surface area contributed by atoms with Gasteiger partial charge in [-0.3, -0.25) is 4.79 Å². The molecule has 112 valence electrons. The van der Waals surface area contributed by atoms with Crippen LogP contribution in [0.1, 0.15) is 17.0 Å². The number of esters is 1. The zero-order valence-corrected chi connectivity index (χ0v) is 12.9. The molecule has 2 aromatic rings. The van der Waals surface area contributed by atoms with E-state index in [4.69, 9.17) is 9.15 Å². The Bertz CT molecular complexity index is 627. The molecule has 0 bridgehead atoms. The first-order valence-corrected chi connectivity index (χ1v) is 7.29. The third-order valence-corrected chi connectivity index (χ3v) is 3.48. The number of hydrogen-bond donors (Lipinski definition) is 0. The van der Waals surface area contributed by atoms with Crippen molar-refractivity contribution in [1.82, 2.24) is 10.2 Å². The van der Waals surface area contributed by atoms with E-state index in [0.717, 1.165) is 28.6 Å². The van der Waals surface area contributed by atoms with Crippen LogP contribution < -0.4 is 4.74 Å². The number of aryl methyl sites for hydroxylation is 2. The Morgan fingerprint density at radius 3 is 2.90 bits per heavy atom. The lowest BCUT2D eigenvalue weighted by atomic mass is 10.1. The fourth-order valence-corrected chi connectivity index (χ4v) is 2.15. The van der Waals surface area contributed by atoms with Gasteiger partial charge in [-0.1, -0.05) is 23.9 Å². The molecule has 21 heavy (non-hydrogen) atoms. The number of carbonyl (C=O) groups is 1. The summed E-state index contributed by atoms with van der Waals surface area (Å²) in [7, 11) is 1.33. The molecule has 2 rings (SSSR count). The summed E-state index contributed by atoms with van der Waals surface area (Å²) in [6, 6.07) is 5.98. The van der Waals surface area contributed by atoms with E-state index in [2.05, 4.69) is 14.9 Å². The number of rotatable bonds is 6. The van der Waals surface area contributed by atoms with Crippen LogP contribution in [-0.4, -0.2) is 29.0 Å². The summed E-state index contributed by atoms with van der Waals surface area (Å²) in [5, 5.41) is 8.03. The van der Waals surface area contributed by atoms with Gasteiger partial charge in [0.05, 0.1) is 7.11 Å². The number of aromatic nitrogens is 2. The Kier molecular flexibility index (Phi) is 5.21. The SMILES string of the molecule is COC(=O)CSc1nnc(COc2cc(C)ccc2C)o1. The highest BCUT2D eigenvalue weighted by atomic mass is 32.2. The Hall–Kier alpha value is -2.02. The summed E-state index contributed by atoms with van der Waals surface area (Å²) in [4.78, 5) is 11.0. The summed E-state index contributed by atoms with van der Waals surface area (Å²) in [5.74, 6) is 0.947. The first-order valence-electron chi connectivity index (χ1n) is 6.30. The second-order valence-electron chi connectivity index (χ2n) is 4.38. The zero-order chi connectivity index (χ0) is 15.2. The van der Waals surface area contributed by atoms with Crippen LogP contribution in [0.5, 0.6) is 5.75 Å². The van der Waals surface area contributed by atoms with Gasteiger partial charge in [-0.25, -0.2) is 0 Å². The highest BCUT2D eigenvalue weighted by Crippen LogP contribution is 2.21. The Morgan fingerprint density at radius 2 is 2.14 bits per heavy atom. The fraction of sp³-hybridized carbons (Fsp3) is 0.357. The van der Waals surface area contributed by atoms with Gasteiger partial charge < -0.3 is 13.9 Å². The van der Waals surface area contributed by atoms with Crippen molar-refractivity contribution in [3.05, 3.63) is 35.2 Å². The zero-order valence-electron chi connectivity index (χ0n) is 12.1. The molecule has 0 saturated heterocycles. The Balaban J connectivity index is 1.90. The standard InChI is InChI=1S/C14H16N2O4S/c1-9-4-5-10(2)11(6-9)19-7-12-15-16-14(20-12)21-8-13(17)18-3/h4-6H,7-8H2,1-3H3. The molecule has 7 heteroatoms. The van der Waals surface area contributed by atoms with Gasteiger partial charge in [0.2, 0.25) is 0 Å². The molecule has 0 aliphatic heterocycles. The summed E-state index contributed by atoms with van der Waals surface area (Å²) >= 11 is 1.13. The van der Waals surface area contributed by atoms with E-state index in [1.54, 1.807) is 0 Å². The van der Waals surface area contributed by atoms with E-state index in [-0.39, 0.29) is 18.3 Å². The highest BCUT2D eigenvalue weighted by molar-refractivity contribution is 7.99. The van der Waals surface area contributed by atoms with E-state index in [0.29, 0.717) is 11.1 Å². The highest BCUT2D eigenvalue weighted by Gasteiger charge is 2.10. The van der Waals surface area contributed by atoms with Crippen LogP contribution in [0.15, 0.2) is 27.8 Å². The van der Waals surface area contributed by atoms with Gasteiger partial charge in [-0.05, 0) is 31.0 Å². The number of hydrogen-bond acceptors (Lipinski definition) is 7. The monoisotopic (exact) mass is 308 g/mol. The second-order valence-corrected chi connectivity index (χ2v) is 5.31. The van der Waals surface area contributed by atoms with Crippen LogP contribution in [0.3, 0.4) is 0 Å². The van der Waals surface area contributed by atoms with Crippen molar-refractivity contribution in [2.75, 3.05) is 12.9 Å². The van der Waals surface area contributed by atoms with Gasteiger partial charge in [0.1, 0.15) is 11.5 Å². The maximum absolute atomic E-state index is 11.0. The first kappa shape index (κ1) is 15.4. The number of thioether (sulfide) groups is 1. The summed E-state index contributed by atoms with van der Waals surface area (Å²) in [6.45, 7) is 4.16. The minimum Gasteiger partial charge on any atom is -0.484 e. The molecule has 0 N–H and O–H groups in total. The average molecular weight is 308 g/mol. The third kappa shape index (κ3) is 4.49. The number of methoxy groups -OCH3 is 1. The van der Waals surface area contributed by atoms with Crippen molar-refractivity contribution in [2.24, 2.45) is 0 Å². The van der Waals surface area contributed by atoms with Crippen molar-refractivity contribution in [3.63, 3.8) is 0 Å². The largest absolute Gasteiger partial charge is 0.484 e. The predicted octanol–water partition coefficient (Wildman–Crippen LogP) is 2.53. The molecule has 0 unspecified atom stereocenters. The lowest BCUT2D eigenvalue weighted by Crippen LogP contribution is -2.02. The van der Waals surface area contributed by atoms with Gasteiger partial charge in [0.25, 0.3) is 11.1 Å². The molecule has 0 aliphatic rings. The maximum Gasteiger partial charge on any atom is 0.316 e. The minimum atomic E-state index is -0.341. The molecule has 0 spiro atoms. The van der Waals surface area contributed by atoms with Crippen molar-refractivity contribution >= 4 is 17.7 Å². The van der Waals surface area contributed by atoms with E-state index in [1.807, 2.05) is 32.0 Å². The van der Waals surface area contributed by atoms with Crippen LogP contribution in [0.25, 0.3) is 0 Å². The molecule has 0 amide bonds. The van der Waals surface area contributed by atoms with Gasteiger partial charge in [0, 0.05) is 0 Å². The molecule has 0 fully saturated rings. The molecule has 0 radical (unpaired) electrons. The van der Waals surface area contributed by atoms with Gasteiger partial charge in [0.15, 0.2) is 6.61 Å². The Morgan fingerprint density at radius 1 is 1.33 bits per heavy atom. The second kappa shape index (κ2) is 7.12. The lowest BCUT2D eigenvalue weighted by Gasteiger charge is -2.07. The van der Waals surface area contributed by atoms with Gasteiger partial charge in [-0.2, -0.15) is 0 Å². The average Bonchev–Trinajstić information content (AvgIpc) is 2.93. The molecule has 6 nitrogen and oxygen atoms in total. The summed E-state index contributed by atoms with van der Waals surface area (Å²) in [6.07, 6.45) is 0. The lowest BCUT2D eigenvalue weighted by molar-refractivity contribution is -0.137. The summed E-state index contributed by atoms with van der Waals surface area (Å²) < 4.78 is 15.6. The van der Waals surface area contributed by atoms with Crippen LogP contribution in [0.2, 0.25) is 0 Å². The molecule has 0 aliphatic carbocycles. The van der Waals surface area contributed by atoms with Crippen LogP contribution in [-0.2, 0) is 16.1 Å². The number of ether oxygens (including phenoxy) is 2. The molecule has 1 aromatic carbocycles. The molecular weight excluding hydrogens is 292 g/mol. The molecule has 0 saturated carbocycles. The number of nitrogens with zero attached hydrogens (tertiary/aromatic N) is 2. The predicted molar refractivity (Wildman–Crippen MR) is 77.3 cm³/mol. The van der Waals surface area contributed by atoms with E-state index < -0.39 is 0 Å². The summed E-state index contributed by atoms with van der Waals surface area (Å²) in [5.41, 5.74) is 2.16. The third-order valence-electron chi connectivity index (χ3n) is 2.68. The maximum atomic E-state index is 11.0. The van der Waals surface area contributed by atoms with E-state index in [9.17, 15) is 4.79 Å². The van der Waals surface area contributed by atoms with Crippen molar-refractivity contribution in [1.29, 1.82) is 0 Å². The smallest absolute Gasteiger partial charge is 0.316 e. The Labute approximate surface area is 126 Å². The molecule has 1 aromatic heterocycles. The van der Waals surface area contributed by atoms with Crippen LogP contribution in [0, 0.1) is 13.8 Å². The molecule has 1 heterocycles. The number of benzene rings is 1. The normalized spacial score (nSPS) is 10.4. The minimum absolute atomic E-state index is 0.135. The van der Waals surface area contributed by atoms with E-state index in [1.165, 1.54) is 7.11 Å². The van der Waals surface area contributed by atoms with E-state index >= 15 is 0 Å². The van der Waals surface area contributed by atoms with Crippen molar-refractivity contribution < 1.29 is 18.7 Å².